The Hall–Kier alpha value is -1.05. The highest BCUT2D eigenvalue weighted by Crippen LogP contribution is 2.31. The topological polar surface area (TPSA) is 62.7 Å². The lowest BCUT2D eigenvalue weighted by atomic mass is 10.2. The number of aromatic amines is 1. The molecule has 0 amide bonds. The van der Waals surface area contributed by atoms with Crippen LogP contribution in [0.4, 0.5) is 0 Å². The average Bonchev–Trinajstić information content (AvgIpc) is 2.81. The summed E-state index contributed by atoms with van der Waals surface area (Å²) in [5, 5.41) is 10.7. The van der Waals surface area contributed by atoms with Gasteiger partial charge in [-0.1, -0.05) is 28.9 Å². The van der Waals surface area contributed by atoms with Crippen molar-refractivity contribution in [3.63, 3.8) is 0 Å². The lowest BCUT2D eigenvalue weighted by molar-refractivity contribution is 0.658. The molecule has 0 bridgehead atoms. The monoisotopic (exact) mass is 370 g/mol. The number of nitrogens with zero attached hydrogens (tertiary/aromatic N) is 2. The van der Waals surface area contributed by atoms with Crippen molar-refractivity contribution in [3.8, 4) is 0 Å². The van der Waals surface area contributed by atoms with E-state index in [0.717, 1.165) is 28.9 Å². The van der Waals surface area contributed by atoms with Crippen LogP contribution in [0.15, 0.2) is 37.5 Å². The molecule has 21 heavy (non-hydrogen) atoms. The van der Waals surface area contributed by atoms with Gasteiger partial charge >= 0.3 is 5.69 Å². The van der Waals surface area contributed by atoms with E-state index < -0.39 is 0 Å². The largest absolute Gasteiger partial charge is 0.343 e. The Morgan fingerprint density at radius 3 is 2.95 bits per heavy atom. The first-order valence-corrected chi connectivity index (χ1v) is 8.58. The van der Waals surface area contributed by atoms with Crippen LogP contribution < -0.4 is 11.0 Å². The first kappa shape index (κ1) is 16.3. The highest BCUT2D eigenvalue weighted by atomic mass is 79.9. The van der Waals surface area contributed by atoms with E-state index in [9.17, 15) is 4.79 Å². The molecule has 1 aromatic heterocycles. The van der Waals surface area contributed by atoms with Gasteiger partial charge in [0.15, 0.2) is 5.16 Å². The standard InChI is InChI=1S/C14H19BrN4OS/c1-3-7-16-9-10-5-6-11(15)8-12(10)21-14-18-17-13(20)19(14)4-2/h5-6,8,16H,3-4,7,9H2,1-2H3,(H,17,20). The number of aromatic nitrogens is 3. The summed E-state index contributed by atoms with van der Waals surface area (Å²) >= 11 is 5.01. The summed E-state index contributed by atoms with van der Waals surface area (Å²) in [6.45, 7) is 6.49. The Morgan fingerprint density at radius 2 is 2.24 bits per heavy atom. The SMILES string of the molecule is CCCNCc1ccc(Br)cc1Sc1n[nH]c(=O)n1CC. The van der Waals surface area contributed by atoms with Crippen LogP contribution in [0.5, 0.6) is 0 Å². The maximum atomic E-state index is 11.6. The van der Waals surface area contributed by atoms with Crippen LogP contribution >= 0.6 is 27.7 Å². The molecular formula is C14H19BrN4OS. The van der Waals surface area contributed by atoms with Crippen molar-refractivity contribution in [3.05, 3.63) is 38.7 Å². The molecule has 5 nitrogen and oxygen atoms in total. The normalized spacial score (nSPS) is 11.0. The van der Waals surface area contributed by atoms with Crippen molar-refractivity contribution in [2.75, 3.05) is 6.54 Å². The van der Waals surface area contributed by atoms with Gasteiger partial charge < -0.3 is 5.32 Å². The average molecular weight is 371 g/mol. The van der Waals surface area contributed by atoms with Gasteiger partial charge in [-0.05, 0) is 49.3 Å². The van der Waals surface area contributed by atoms with Crippen molar-refractivity contribution < 1.29 is 0 Å². The van der Waals surface area contributed by atoms with Crippen LogP contribution in [0.2, 0.25) is 0 Å². The molecule has 2 rings (SSSR count). The molecule has 0 fully saturated rings. The van der Waals surface area contributed by atoms with Gasteiger partial charge in [-0.3, -0.25) is 4.57 Å². The fourth-order valence-corrected chi connectivity index (χ4v) is 3.51. The minimum absolute atomic E-state index is 0.166. The maximum Gasteiger partial charge on any atom is 0.343 e. The number of benzene rings is 1. The molecule has 114 valence electrons. The van der Waals surface area contributed by atoms with Gasteiger partial charge in [0.25, 0.3) is 0 Å². The molecule has 0 unspecified atom stereocenters. The number of rotatable bonds is 7. The second-order valence-corrected chi connectivity index (χ2v) is 6.51. The lowest BCUT2D eigenvalue weighted by Gasteiger charge is -2.10. The molecule has 0 spiro atoms. The summed E-state index contributed by atoms with van der Waals surface area (Å²) < 4.78 is 2.65. The highest BCUT2D eigenvalue weighted by molar-refractivity contribution is 9.10. The Morgan fingerprint density at radius 1 is 1.43 bits per heavy atom. The summed E-state index contributed by atoms with van der Waals surface area (Å²) in [6.07, 6.45) is 1.10. The zero-order valence-corrected chi connectivity index (χ0v) is 14.6. The van der Waals surface area contributed by atoms with Crippen LogP contribution in [0.3, 0.4) is 0 Å². The molecule has 0 aliphatic carbocycles. The second kappa shape index (κ2) is 7.82. The van der Waals surface area contributed by atoms with Gasteiger partial charge in [-0.2, -0.15) is 0 Å². The van der Waals surface area contributed by atoms with Crippen molar-refractivity contribution in [1.29, 1.82) is 0 Å². The first-order chi connectivity index (χ1) is 10.2. The van der Waals surface area contributed by atoms with Crippen LogP contribution in [-0.4, -0.2) is 21.3 Å². The summed E-state index contributed by atoms with van der Waals surface area (Å²) in [6, 6.07) is 6.19. The molecular weight excluding hydrogens is 352 g/mol. The van der Waals surface area contributed by atoms with Crippen molar-refractivity contribution in [2.45, 2.75) is 43.4 Å². The molecule has 7 heteroatoms. The van der Waals surface area contributed by atoms with E-state index in [1.807, 2.05) is 13.0 Å². The van der Waals surface area contributed by atoms with E-state index in [1.54, 1.807) is 4.57 Å². The molecule has 2 N–H and O–H groups in total. The molecule has 0 aliphatic heterocycles. The second-order valence-electron chi connectivity index (χ2n) is 4.59. The van der Waals surface area contributed by atoms with E-state index >= 15 is 0 Å². The van der Waals surface area contributed by atoms with Gasteiger partial charge in [0.2, 0.25) is 0 Å². The number of hydrogen-bond donors (Lipinski definition) is 2. The fraction of sp³-hybridized carbons (Fsp3) is 0.429. The third-order valence-electron chi connectivity index (χ3n) is 3.01. The number of H-pyrrole nitrogens is 1. The fourth-order valence-electron chi connectivity index (χ4n) is 1.93. The molecule has 1 aromatic carbocycles. The minimum atomic E-state index is -0.166. The quantitative estimate of drug-likeness (QED) is 0.735. The van der Waals surface area contributed by atoms with Crippen molar-refractivity contribution in [1.82, 2.24) is 20.1 Å². The molecule has 0 saturated heterocycles. The van der Waals surface area contributed by atoms with Gasteiger partial charge in [0.05, 0.1) is 0 Å². The smallest absolute Gasteiger partial charge is 0.313 e. The van der Waals surface area contributed by atoms with Gasteiger partial charge in [-0.25, -0.2) is 9.89 Å². The summed E-state index contributed by atoms with van der Waals surface area (Å²) in [7, 11) is 0. The minimum Gasteiger partial charge on any atom is -0.313 e. The van der Waals surface area contributed by atoms with Gasteiger partial charge in [0, 0.05) is 22.5 Å². The van der Waals surface area contributed by atoms with Crippen molar-refractivity contribution in [2.24, 2.45) is 0 Å². The predicted molar refractivity (Wildman–Crippen MR) is 88.8 cm³/mol. The zero-order chi connectivity index (χ0) is 15.2. The van der Waals surface area contributed by atoms with Crippen LogP contribution in [0.25, 0.3) is 0 Å². The Kier molecular flexibility index (Phi) is 6.08. The molecule has 0 radical (unpaired) electrons. The number of hydrogen-bond acceptors (Lipinski definition) is 4. The number of halogens is 1. The van der Waals surface area contributed by atoms with Crippen LogP contribution in [0, 0.1) is 0 Å². The highest BCUT2D eigenvalue weighted by Gasteiger charge is 2.11. The van der Waals surface area contributed by atoms with Gasteiger partial charge in [-0.15, -0.1) is 5.10 Å². The third-order valence-corrected chi connectivity index (χ3v) is 4.60. The van der Waals surface area contributed by atoms with Crippen LogP contribution in [0.1, 0.15) is 25.8 Å². The first-order valence-electron chi connectivity index (χ1n) is 6.97. The lowest BCUT2D eigenvalue weighted by Crippen LogP contribution is -2.16. The van der Waals surface area contributed by atoms with E-state index in [4.69, 9.17) is 0 Å². The van der Waals surface area contributed by atoms with E-state index in [2.05, 4.69) is 50.5 Å². The summed E-state index contributed by atoms with van der Waals surface area (Å²) in [5.41, 5.74) is 1.04. The van der Waals surface area contributed by atoms with Gasteiger partial charge in [0.1, 0.15) is 0 Å². The molecule has 2 aromatic rings. The summed E-state index contributed by atoms with van der Waals surface area (Å²) in [5.74, 6) is 0. The zero-order valence-electron chi connectivity index (χ0n) is 12.1. The molecule has 0 saturated carbocycles. The molecule has 0 aliphatic rings. The molecule has 0 atom stereocenters. The Bertz CT molecular complexity index is 653. The Balaban J connectivity index is 2.25. The van der Waals surface area contributed by atoms with Crippen LogP contribution in [-0.2, 0) is 13.1 Å². The van der Waals surface area contributed by atoms with E-state index in [1.165, 1.54) is 17.3 Å². The predicted octanol–water partition coefficient (Wildman–Crippen LogP) is 3.00. The maximum absolute atomic E-state index is 11.6. The third kappa shape index (κ3) is 4.21. The summed E-state index contributed by atoms with van der Waals surface area (Å²) in [4.78, 5) is 12.7. The molecule has 1 heterocycles. The Labute approximate surface area is 136 Å². The van der Waals surface area contributed by atoms with E-state index in [-0.39, 0.29) is 5.69 Å². The van der Waals surface area contributed by atoms with E-state index in [0.29, 0.717) is 11.7 Å². The number of nitrogens with one attached hydrogen (secondary N) is 2. The van der Waals surface area contributed by atoms with Crippen molar-refractivity contribution >= 4 is 27.7 Å².